The Morgan fingerprint density at radius 3 is 2.67 bits per heavy atom. The first kappa shape index (κ1) is 14.0. The van der Waals surface area contributed by atoms with Crippen molar-refractivity contribution in [1.29, 1.82) is 0 Å². The van der Waals surface area contributed by atoms with Gasteiger partial charge < -0.3 is 0 Å². The van der Waals surface area contributed by atoms with Crippen LogP contribution in [0, 0.1) is 12.3 Å². The Morgan fingerprint density at radius 1 is 1.27 bits per heavy atom. The van der Waals surface area contributed by atoms with Crippen LogP contribution in [0.1, 0.15) is 51.9 Å². The molecule has 15 heavy (non-hydrogen) atoms. The fourth-order valence-corrected chi connectivity index (χ4v) is 1.09. The van der Waals surface area contributed by atoms with Gasteiger partial charge in [0.2, 0.25) is 0 Å². The van der Waals surface area contributed by atoms with Gasteiger partial charge in [0, 0.05) is 12.8 Å². The number of unbranched alkanes of at least 4 members (excludes halogenated alkanes) is 4. The van der Waals surface area contributed by atoms with Gasteiger partial charge in [0.1, 0.15) is 0 Å². The van der Waals surface area contributed by atoms with Crippen LogP contribution in [0.3, 0.4) is 0 Å². The summed E-state index contributed by atoms with van der Waals surface area (Å²) in [5.41, 5.74) is 0. The van der Waals surface area contributed by atoms with Crippen molar-refractivity contribution in [2.45, 2.75) is 51.9 Å². The summed E-state index contributed by atoms with van der Waals surface area (Å²) in [6, 6.07) is 0. The van der Waals surface area contributed by atoms with Gasteiger partial charge >= 0.3 is 5.97 Å². The second-order valence-electron chi connectivity index (χ2n) is 3.40. The van der Waals surface area contributed by atoms with Crippen LogP contribution in [-0.2, 0) is 14.6 Å². The molecule has 0 saturated carbocycles. The van der Waals surface area contributed by atoms with Gasteiger partial charge in [-0.05, 0) is 19.3 Å². The number of carbonyl (C=O) groups excluding carboxylic acids is 1. The van der Waals surface area contributed by atoms with E-state index in [2.05, 4.69) is 10.8 Å². The second kappa shape index (κ2) is 11.1. The Bertz CT molecular complexity index is 194. The summed E-state index contributed by atoms with van der Waals surface area (Å²) < 4.78 is 0. The molecule has 0 aromatic carbocycles. The van der Waals surface area contributed by atoms with Crippen LogP contribution in [0.5, 0.6) is 0 Å². The number of rotatable bonds is 9. The lowest BCUT2D eigenvalue weighted by molar-refractivity contribution is -0.272. The molecule has 0 aromatic rings. The van der Waals surface area contributed by atoms with Crippen LogP contribution in [0.4, 0.5) is 0 Å². The Labute approximate surface area is 92.1 Å². The van der Waals surface area contributed by atoms with E-state index in [9.17, 15) is 4.79 Å². The average molecular weight is 212 g/mol. The molecule has 0 aromatic heterocycles. The van der Waals surface area contributed by atoms with Crippen molar-refractivity contribution in [2.75, 3.05) is 6.61 Å². The molecule has 0 spiro atoms. The highest BCUT2D eigenvalue weighted by molar-refractivity contribution is 5.68. The molecule has 0 fully saturated rings. The molecule has 0 N–H and O–H groups in total. The molecule has 0 aliphatic heterocycles. The zero-order chi connectivity index (χ0) is 11.4. The summed E-state index contributed by atoms with van der Waals surface area (Å²) in [6.45, 7) is 2.40. The van der Waals surface area contributed by atoms with Gasteiger partial charge in [0.25, 0.3) is 0 Å². The lowest BCUT2D eigenvalue weighted by Crippen LogP contribution is -2.05. The molecule has 0 saturated heterocycles. The first-order chi connectivity index (χ1) is 7.31. The minimum Gasteiger partial charge on any atom is -0.298 e. The number of terminal acetylenes is 1. The molecular formula is C12H20O3. The highest BCUT2D eigenvalue weighted by atomic mass is 17.2. The first-order valence-electron chi connectivity index (χ1n) is 5.57. The van der Waals surface area contributed by atoms with Gasteiger partial charge in [0.05, 0.1) is 6.61 Å². The van der Waals surface area contributed by atoms with Crippen molar-refractivity contribution in [2.24, 2.45) is 0 Å². The third-order valence-electron chi connectivity index (χ3n) is 1.90. The molecule has 0 aliphatic carbocycles. The zero-order valence-electron chi connectivity index (χ0n) is 9.46. The summed E-state index contributed by atoms with van der Waals surface area (Å²) in [5.74, 6) is 2.31. The minimum atomic E-state index is -0.287. The van der Waals surface area contributed by atoms with Crippen LogP contribution in [-0.4, -0.2) is 12.6 Å². The number of hydrogen-bond acceptors (Lipinski definition) is 3. The predicted molar refractivity (Wildman–Crippen MR) is 58.9 cm³/mol. The van der Waals surface area contributed by atoms with Gasteiger partial charge in [-0.1, -0.05) is 19.8 Å². The smallest absolute Gasteiger partial charge is 0.298 e. The largest absolute Gasteiger partial charge is 0.342 e. The quantitative estimate of drug-likeness (QED) is 0.255. The molecule has 3 heteroatoms. The van der Waals surface area contributed by atoms with E-state index < -0.39 is 0 Å². The average Bonchev–Trinajstić information content (AvgIpc) is 2.22. The Kier molecular flexibility index (Phi) is 10.3. The third kappa shape index (κ3) is 10.9. The van der Waals surface area contributed by atoms with Crippen molar-refractivity contribution in [3.63, 3.8) is 0 Å². The number of carbonyl (C=O) groups is 1. The van der Waals surface area contributed by atoms with Gasteiger partial charge in [0.15, 0.2) is 0 Å². The van der Waals surface area contributed by atoms with E-state index in [-0.39, 0.29) is 5.97 Å². The van der Waals surface area contributed by atoms with Crippen LogP contribution in [0.15, 0.2) is 0 Å². The van der Waals surface area contributed by atoms with Crippen molar-refractivity contribution in [3.8, 4) is 12.3 Å². The fourth-order valence-electron chi connectivity index (χ4n) is 1.09. The molecule has 0 amide bonds. The van der Waals surface area contributed by atoms with Crippen LogP contribution in [0.2, 0.25) is 0 Å². The second-order valence-corrected chi connectivity index (χ2v) is 3.40. The Balaban J connectivity index is 3.05. The van der Waals surface area contributed by atoms with E-state index >= 15 is 0 Å². The molecule has 0 radical (unpaired) electrons. The minimum absolute atomic E-state index is 0.287. The predicted octanol–water partition coefficient (Wildman–Crippen LogP) is 2.85. The van der Waals surface area contributed by atoms with Gasteiger partial charge in [-0.3, -0.25) is 4.89 Å². The SMILES string of the molecule is C#CCCCCCCOOC(=O)CCC. The topological polar surface area (TPSA) is 35.5 Å². The molecule has 86 valence electrons. The van der Waals surface area contributed by atoms with E-state index in [0.29, 0.717) is 13.0 Å². The summed E-state index contributed by atoms with van der Waals surface area (Å²) in [5, 5.41) is 0. The molecule has 0 bridgehead atoms. The Morgan fingerprint density at radius 2 is 2.00 bits per heavy atom. The molecule has 0 unspecified atom stereocenters. The Hall–Kier alpha value is -1.01. The van der Waals surface area contributed by atoms with Crippen LogP contribution >= 0.6 is 0 Å². The van der Waals surface area contributed by atoms with E-state index in [1.165, 1.54) is 0 Å². The number of hydrogen-bond donors (Lipinski definition) is 0. The monoisotopic (exact) mass is 212 g/mol. The fraction of sp³-hybridized carbons (Fsp3) is 0.750. The van der Waals surface area contributed by atoms with Crippen molar-refractivity contribution >= 4 is 5.97 Å². The highest BCUT2D eigenvalue weighted by Gasteiger charge is 2.00. The maximum Gasteiger partial charge on any atom is 0.342 e. The van der Waals surface area contributed by atoms with Gasteiger partial charge in [-0.15, -0.1) is 12.3 Å². The first-order valence-corrected chi connectivity index (χ1v) is 5.57. The maximum absolute atomic E-state index is 10.8. The summed E-state index contributed by atoms with van der Waals surface area (Å²) in [7, 11) is 0. The summed E-state index contributed by atoms with van der Waals surface area (Å²) in [6.07, 6.45) is 11.3. The van der Waals surface area contributed by atoms with E-state index in [1.807, 2.05) is 6.92 Å². The van der Waals surface area contributed by atoms with Crippen molar-refractivity contribution in [1.82, 2.24) is 0 Å². The van der Waals surface area contributed by atoms with Crippen molar-refractivity contribution in [3.05, 3.63) is 0 Å². The van der Waals surface area contributed by atoms with E-state index in [1.54, 1.807) is 0 Å². The van der Waals surface area contributed by atoms with Crippen molar-refractivity contribution < 1.29 is 14.6 Å². The van der Waals surface area contributed by atoms with Crippen LogP contribution in [0.25, 0.3) is 0 Å². The summed E-state index contributed by atoms with van der Waals surface area (Å²) >= 11 is 0. The molecule has 3 nitrogen and oxygen atoms in total. The molecule has 0 rings (SSSR count). The standard InChI is InChI=1S/C12H20O3/c1-3-5-6-7-8-9-11-14-15-12(13)10-4-2/h1H,4-11H2,2H3. The zero-order valence-corrected chi connectivity index (χ0v) is 9.46. The normalized spacial score (nSPS) is 9.60. The lowest BCUT2D eigenvalue weighted by Gasteiger charge is -2.02. The molecular weight excluding hydrogens is 192 g/mol. The maximum atomic E-state index is 10.8. The van der Waals surface area contributed by atoms with Gasteiger partial charge in [-0.25, -0.2) is 4.79 Å². The highest BCUT2D eigenvalue weighted by Crippen LogP contribution is 2.02. The van der Waals surface area contributed by atoms with E-state index in [0.717, 1.165) is 38.5 Å². The molecule has 0 aliphatic rings. The van der Waals surface area contributed by atoms with Crippen LogP contribution < -0.4 is 0 Å². The molecule has 0 heterocycles. The van der Waals surface area contributed by atoms with Gasteiger partial charge in [-0.2, -0.15) is 4.89 Å². The molecule has 0 atom stereocenters. The summed E-state index contributed by atoms with van der Waals surface area (Å²) in [4.78, 5) is 20.2. The van der Waals surface area contributed by atoms with E-state index in [4.69, 9.17) is 11.3 Å². The third-order valence-corrected chi connectivity index (χ3v) is 1.90. The lowest BCUT2D eigenvalue weighted by atomic mass is 10.1.